The Morgan fingerprint density at radius 2 is 0.974 bits per heavy atom. The number of benzene rings is 4. The Balaban J connectivity index is 0.000000149. The van der Waals surface area contributed by atoms with Gasteiger partial charge in [-0.15, -0.1) is 0 Å². The lowest BCUT2D eigenvalue weighted by Gasteiger charge is -2.44. The molecule has 5 amide bonds. The van der Waals surface area contributed by atoms with Gasteiger partial charge in [0, 0.05) is 30.4 Å². The molecule has 14 rings (SSSR count). The molecule has 10 heterocycles. The van der Waals surface area contributed by atoms with Crippen LogP contribution in [0.25, 0.3) is 11.0 Å². The van der Waals surface area contributed by atoms with Gasteiger partial charge in [0.05, 0.1) is 17.8 Å². The van der Waals surface area contributed by atoms with Crippen molar-refractivity contribution < 1.29 is 47.5 Å². The molecule has 16 heteroatoms. The van der Waals surface area contributed by atoms with E-state index in [1.807, 2.05) is 91.0 Å². The number of fused-ring (bicyclic) bond motifs is 2. The summed E-state index contributed by atoms with van der Waals surface area (Å²) in [6.07, 6.45) is 20.0. The van der Waals surface area contributed by atoms with Crippen molar-refractivity contribution in [3.63, 3.8) is 0 Å². The maximum absolute atomic E-state index is 13.9. The molecule has 6 unspecified atom stereocenters. The molecule has 2 fully saturated rings. The number of hydrogen-bond acceptors (Lipinski definition) is 8. The molecule has 6 atom stereocenters. The highest BCUT2D eigenvalue weighted by Gasteiger charge is 2.52. The smallest absolute Gasteiger partial charge is 0.293 e. The molecule has 76 heavy (non-hydrogen) atoms. The van der Waals surface area contributed by atoms with E-state index in [9.17, 15) is 38.4 Å². The Hall–Kier alpha value is -10.2. The molecule has 0 N–H and O–H groups in total. The van der Waals surface area contributed by atoms with Crippen molar-refractivity contribution in [2.75, 3.05) is 9.80 Å². The van der Waals surface area contributed by atoms with Gasteiger partial charge in [-0.3, -0.25) is 38.8 Å². The van der Waals surface area contributed by atoms with Gasteiger partial charge >= 0.3 is 29.3 Å². The molecule has 4 aromatic carbocycles. The number of allylic oxidation sites excluding steroid dienone is 4. The predicted octanol–water partition coefficient (Wildman–Crippen LogP) is 6.51. The minimum atomic E-state index is -1.10. The van der Waals surface area contributed by atoms with Crippen molar-refractivity contribution in [2.24, 2.45) is 0 Å². The van der Waals surface area contributed by atoms with Crippen molar-refractivity contribution >= 4 is 75.5 Å². The van der Waals surface area contributed by atoms with E-state index >= 15 is 0 Å². The fourth-order valence-corrected chi connectivity index (χ4v) is 11.2. The molecule has 2 saturated heterocycles. The normalized spacial score (nSPS) is 22.9. The van der Waals surface area contributed by atoms with Crippen molar-refractivity contribution in [3.8, 4) is 0 Å². The predicted molar refractivity (Wildman–Crippen MR) is 275 cm³/mol. The topological polar surface area (TPSA) is 165 Å². The van der Waals surface area contributed by atoms with Crippen molar-refractivity contribution in [2.45, 2.75) is 36.0 Å². The third kappa shape index (κ3) is 6.98. The van der Waals surface area contributed by atoms with Crippen LogP contribution in [0.4, 0.5) is 17.2 Å². The second kappa shape index (κ2) is 17.8. The zero-order valence-corrected chi connectivity index (χ0v) is 40.1. The van der Waals surface area contributed by atoms with E-state index < -0.39 is 36.0 Å². The Morgan fingerprint density at radius 3 is 1.66 bits per heavy atom. The third-order valence-corrected chi connectivity index (χ3v) is 14.8. The average molecular weight is 1000 g/mol. The minimum Gasteiger partial charge on any atom is -0.293 e. The maximum Gasteiger partial charge on any atom is 0.334 e. The fraction of sp³-hybridized carbons (Fsp3) is 0.100. The van der Waals surface area contributed by atoms with Gasteiger partial charge in [-0.2, -0.15) is 18.6 Å². The minimum absolute atomic E-state index is 0.294. The molecule has 7 aliphatic rings. The van der Waals surface area contributed by atoms with E-state index in [1.165, 1.54) is 13.7 Å². The van der Waals surface area contributed by atoms with Crippen LogP contribution in [0.5, 0.6) is 0 Å². The number of rotatable bonds is 6. The highest BCUT2D eigenvalue weighted by Crippen LogP contribution is 2.40. The molecule has 0 bridgehead atoms. The largest absolute Gasteiger partial charge is 0.334 e. The van der Waals surface area contributed by atoms with E-state index in [0.29, 0.717) is 45.1 Å². The molecule has 0 radical (unpaired) electrons. The van der Waals surface area contributed by atoms with Crippen LogP contribution in [0, 0.1) is 0 Å². The van der Waals surface area contributed by atoms with Crippen LogP contribution in [-0.2, 0) is 24.0 Å². The van der Waals surface area contributed by atoms with Crippen LogP contribution < -0.4 is 18.9 Å². The number of anilines is 3. The summed E-state index contributed by atoms with van der Waals surface area (Å²) in [7, 11) is 0. The van der Waals surface area contributed by atoms with Gasteiger partial charge in [-0.25, -0.2) is 19.2 Å². The molecular weight excluding hydrogens is 961 g/mol. The van der Waals surface area contributed by atoms with Crippen LogP contribution in [0.3, 0.4) is 0 Å². The maximum atomic E-state index is 13.9. The summed E-state index contributed by atoms with van der Waals surface area (Å²) in [6, 6.07) is 42.4. The van der Waals surface area contributed by atoms with E-state index in [2.05, 4.69) is 0 Å². The first-order chi connectivity index (χ1) is 37.1. The Morgan fingerprint density at radius 1 is 0.421 bits per heavy atom. The quantitative estimate of drug-likeness (QED) is 0.134. The summed E-state index contributed by atoms with van der Waals surface area (Å²) < 4.78 is 4.48. The number of hydrogen-bond donors (Lipinski definition) is 0. The number of carbonyl (C=O) groups excluding carboxylic acids is 8. The first kappa shape index (κ1) is 45.6. The van der Waals surface area contributed by atoms with Crippen molar-refractivity contribution in [1.29, 1.82) is 0 Å². The van der Waals surface area contributed by atoms with Crippen LogP contribution in [0.15, 0.2) is 225 Å². The molecule has 3 aromatic heterocycles. The van der Waals surface area contributed by atoms with Gasteiger partial charge < -0.3 is 0 Å². The molecule has 7 aromatic rings. The molecular formula is C60H42N8O8+2. The number of amides is 5. The Bertz CT molecular complexity index is 3840. The van der Waals surface area contributed by atoms with Gasteiger partial charge in [0.15, 0.2) is 11.8 Å². The van der Waals surface area contributed by atoms with E-state index in [1.54, 1.807) is 153 Å². The number of aromatic nitrogens is 3. The van der Waals surface area contributed by atoms with Gasteiger partial charge in [0.25, 0.3) is 5.82 Å². The lowest BCUT2D eigenvalue weighted by molar-refractivity contribution is -0.563. The van der Waals surface area contributed by atoms with Gasteiger partial charge in [0.2, 0.25) is 23.6 Å². The standard InChI is InChI=1S/C34H25N4O4.C26H17N4O4/c39-31-29(33(41)37(25-11-3-1-4-12-25)27-15-7-9-21-35(27)31)23-17-19-24(20-18-23)30-32(40)36-22-10-8-16-28(36)38(34(30)42)26-13-5-2-6-14-26;31-23-19(25(33)29-13-9-17-3-1-11-27(23)21(17)29)15-5-7-16(8-6-15)20-24(32)28-12-2-4-18-10-14-30(22(18)28)26(20)34/h1-22,27,29-30H;1-14,19-21H/q2*+1. The monoisotopic (exact) mass is 1000 g/mol. The molecule has 368 valence electrons. The summed E-state index contributed by atoms with van der Waals surface area (Å²) >= 11 is 0. The zero-order chi connectivity index (χ0) is 51.9. The van der Waals surface area contributed by atoms with E-state index in [4.69, 9.17) is 0 Å². The summed E-state index contributed by atoms with van der Waals surface area (Å²) in [6.45, 7) is 0. The molecule has 0 saturated carbocycles. The van der Waals surface area contributed by atoms with Crippen LogP contribution >= 0.6 is 0 Å². The second-order valence-corrected chi connectivity index (χ2v) is 19.0. The number of nitrogens with zero attached hydrogens (tertiary/aromatic N) is 8. The van der Waals surface area contributed by atoms with Gasteiger partial charge in [0.1, 0.15) is 36.1 Å². The van der Waals surface area contributed by atoms with Crippen LogP contribution in [0.1, 0.15) is 60.3 Å². The first-order valence-corrected chi connectivity index (χ1v) is 24.6. The van der Waals surface area contributed by atoms with Gasteiger partial charge in [-0.1, -0.05) is 103 Å². The zero-order valence-electron chi connectivity index (χ0n) is 40.1. The summed E-state index contributed by atoms with van der Waals surface area (Å²) in [4.78, 5) is 116. The summed E-state index contributed by atoms with van der Waals surface area (Å²) in [5, 5.41) is 0.811. The van der Waals surface area contributed by atoms with Crippen molar-refractivity contribution in [3.05, 3.63) is 247 Å². The molecule has 0 spiro atoms. The highest BCUT2D eigenvalue weighted by molar-refractivity contribution is 6.17. The van der Waals surface area contributed by atoms with Crippen LogP contribution in [0.2, 0.25) is 0 Å². The second-order valence-electron chi connectivity index (χ2n) is 19.0. The first-order valence-electron chi connectivity index (χ1n) is 24.6. The molecule has 16 nitrogen and oxygen atoms in total. The lowest BCUT2D eigenvalue weighted by Crippen LogP contribution is -2.60. The molecule has 7 aliphatic heterocycles. The SMILES string of the molecule is O=C1C(c2ccc(C3C(=O)N4C=CC=CC4N(c4ccccc4)C3=O)cc2)C(=O)[n+]2ccccc2N1c1ccccc1.O=C1C(c2ccc(C3C(=O)n4ccc5ccc[n+](c54)C3=O)cc2)C(=O)N2C=CC3=CC=CN1C32. The summed E-state index contributed by atoms with van der Waals surface area (Å²) in [5.41, 5.74) is 4.78. The Kier molecular flexibility index (Phi) is 10.7. The molecule has 0 aliphatic carbocycles. The van der Waals surface area contributed by atoms with Crippen LogP contribution in [-0.4, -0.2) is 78.9 Å². The third-order valence-electron chi connectivity index (χ3n) is 14.8. The number of para-hydroxylation sites is 2. The highest BCUT2D eigenvalue weighted by atomic mass is 16.2. The van der Waals surface area contributed by atoms with E-state index in [-0.39, 0.29) is 47.3 Å². The van der Waals surface area contributed by atoms with Crippen molar-refractivity contribution in [1.82, 2.24) is 19.3 Å². The fourth-order valence-electron chi connectivity index (χ4n) is 11.2. The average Bonchev–Trinajstić information content (AvgIpc) is 4.10. The summed E-state index contributed by atoms with van der Waals surface area (Å²) in [5.74, 6) is -6.40. The number of pyridine rings is 2. The van der Waals surface area contributed by atoms with E-state index in [0.717, 1.165) is 11.0 Å². The van der Waals surface area contributed by atoms with Gasteiger partial charge in [-0.05, 0) is 101 Å². The lowest BCUT2D eigenvalue weighted by atomic mass is 9.88. The Labute approximate surface area is 433 Å². The number of carbonyl (C=O) groups is 8.